The third kappa shape index (κ3) is 5.60. The highest BCUT2D eigenvalue weighted by Gasteiger charge is 2.48. The fraction of sp³-hybridized carbons (Fsp3) is 0.481. The Kier molecular flexibility index (Phi) is 8.60. The summed E-state index contributed by atoms with van der Waals surface area (Å²) < 4.78 is 26.7. The van der Waals surface area contributed by atoms with E-state index in [1.54, 1.807) is 0 Å². The van der Waals surface area contributed by atoms with Crippen molar-refractivity contribution < 1.29 is 85.0 Å². The Morgan fingerprint density at radius 3 is 1.93 bits per heavy atom. The first-order chi connectivity index (χ1) is 20.7. The number of benzene rings is 2. The van der Waals surface area contributed by atoms with Gasteiger partial charge in [0.2, 0.25) is 12.0 Å². The zero-order valence-corrected chi connectivity index (χ0v) is 22.8. The molecule has 0 bridgehead atoms. The molecule has 3 aliphatic heterocycles. The van der Waals surface area contributed by atoms with Crippen LogP contribution in [0.1, 0.15) is 24.2 Å². The highest BCUT2D eigenvalue weighted by molar-refractivity contribution is 5.73. The molecule has 11 unspecified atom stereocenters. The third-order valence-corrected chi connectivity index (χ3v) is 7.66. The van der Waals surface area contributed by atoms with Crippen LogP contribution in [0, 0.1) is 0 Å². The van der Waals surface area contributed by atoms with Gasteiger partial charge in [-0.05, 0) is 19.1 Å². The van der Waals surface area contributed by atoms with Crippen LogP contribution >= 0.6 is 0 Å². The van der Waals surface area contributed by atoms with Crippen LogP contribution in [0.4, 0.5) is 0 Å². The molecule has 0 amide bonds. The fourth-order valence-corrected chi connectivity index (χ4v) is 5.07. The molecule has 11 atom stereocenters. The van der Waals surface area contributed by atoms with E-state index in [4.69, 9.17) is 18.9 Å². The lowest BCUT2D eigenvalue weighted by atomic mass is 9.98. The van der Waals surface area contributed by atoms with Crippen LogP contribution in [0.3, 0.4) is 0 Å². The first-order valence-electron chi connectivity index (χ1n) is 13.3. The summed E-state index contributed by atoms with van der Waals surface area (Å²) in [6.07, 6.45) is -16.0. The number of ether oxygens (including phenoxy) is 5. The summed E-state index contributed by atoms with van der Waals surface area (Å²) >= 11 is 0. The van der Waals surface area contributed by atoms with Crippen molar-refractivity contribution in [1.29, 1.82) is 0 Å². The summed E-state index contributed by atoms with van der Waals surface area (Å²) in [6.45, 7) is 0.849. The Morgan fingerprint density at radius 1 is 0.682 bits per heavy atom. The molecule has 17 nitrogen and oxygen atoms in total. The van der Waals surface area contributed by atoms with E-state index in [1.165, 1.54) is 6.92 Å². The maximum Gasteiger partial charge on any atom is 0.270 e. The predicted octanol–water partition coefficient (Wildman–Crippen LogP) is -2.07. The average molecular weight is 630 g/mol. The molecule has 0 aromatic heterocycles. The molecule has 3 heterocycles. The van der Waals surface area contributed by atoms with Gasteiger partial charge in [-0.3, -0.25) is 0 Å². The molecule has 242 valence electrons. The van der Waals surface area contributed by atoms with Crippen molar-refractivity contribution in [2.24, 2.45) is 0 Å². The van der Waals surface area contributed by atoms with Gasteiger partial charge in [-0.15, -0.1) is 0 Å². The molecule has 0 aliphatic carbocycles. The topological polar surface area (TPSA) is 292 Å². The predicted molar refractivity (Wildman–Crippen MR) is 141 cm³/mol. The van der Waals surface area contributed by atoms with Crippen molar-refractivity contribution in [2.45, 2.75) is 74.4 Å². The lowest BCUT2D eigenvalue weighted by Crippen LogP contribution is -2.61. The van der Waals surface area contributed by atoms with E-state index in [0.717, 1.165) is 24.3 Å². The van der Waals surface area contributed by atoms with Gasteiger partial charge in [0.25, 0.3) is 11.9 Å². The number of hydrogen-bond donors (Lipinski definition) is 12. The van der Waals surface area contributed by atoms with Gasteiger partial charge in [-0.2, -0.15) is 0 Å². The molecule has 2 fully saturated rings. The van der Waals surface area contributed by atoms with E-state index in [2.05, 4.69) is 4.74 Å². The van der Waals surface area contributed by atoms with E-state index < -0.39 is 109 Å². The lowest BCUT2D eigenvalue weighted by molar-refractivity contribution is -0.325. The van der Waals surface area contributed by atoms with Crippen LogP contribution < -0.4 is 0 Å². The van der Waals surface area contributed by atoms with Gasteiger partial charge >= 0.3 is 0 Å². The standard InChI is InChI=1S/C27H32O17/c1-7-16(31)21(36)23(38)26(41-7)40-6-15-20(35)22(37)24(39)27(44-15)43-14-4-9-13(5-12(30)19(34)17(9)32)42-25(14)8-2-10(28)18(33)11(29)3-8/h2-5,7,15-16,20-39H,6H2,1H3/p+1. The molecule has 0 radical (unpaired) electrons. The molecular weight excluding hydrogens is 596 g/mol. The van der Waals surface area contributed by atoms with E-state index in [9.17, 15) is 61.3 Å². The van der Waals surface area contributed by atoms with Crippen LogP contribution in [-0.4, -0.2) is 134 Å². The molecule has 2 saturated heterocycles. The molecule has 2 aromatic rings. The van der Waals surface area contributed by atoms with E-state index >= 15 is 0 Å². The molecule has 0 spiro atoms. The quantitative estimate of drug-likeness (QED) is 0.0927. The number of aliphatic hydroxyl groups excluding tert-OH is 6. The van der Waals surface area contributed by atoms with E-state index in [0.29, 0.717) is 0 Å². The van der Waals surface area contributed by atoms with Gasteiger partial charge in [-0.25, -0.2) is 0 Å². The average Bonchev–Trinajstić information content (AvgIpc) is 2.99. The minimum Gasteiger partial charge on any atom is -0.571 e. The van der Waals surface area contributed by atoms with Crippen molar-refractivity contribution in [2.75, 3.05) is 6.61 Å². The van der Waals surface area contributed by atoms with Crippen molar-refractivity contribution in [3.8, 4) is 40.2 Å². The second-order valence-electron chi connectivity index (χ2n) is 10.7. The summed E-state index contributed by atoms with van der Waals surface area (Å²) in [7, 11) is 0. The van der Waals surface area contributed by atoms with Crippen LogP contribution in [-0.2, 0) is 18.9 Å². The molecule has 13 N–H and O–H groups in total. The fourth-order valence-electron chi connectivity index (χ4n) is 5.07. The van der Waals surface area contributed by atoms with Crippen LogP contribution in [0.25, 0.3) is 6.08 Å². The molecule has 3 aliphatic rings. The molecule has 2 aromatic carbocycles. The first-order valence-corrected chi connectivity index (χ1v) is 13.3. The summed E-state index contributed by atoms with van der Waals surface area (Å²) in [5, 5.41) is 122. The van der Waals surface area contributed by atoms with E-state index in [-0.39, 0.29) is 22.6 Å². The van der Waals surface area contributed by atoms with Gasteiger partial charge < -0.3 is 85.0 Å². The Morgan fingerprint density at radius 2 is 1.27 bits per heavy atom. The van der Waals surface area contributed by atoms with Crippen LogP contribution in [0.2, 0.25) is 0 Å². The second-order valence-corrected chi connectivity index (χ2v) is 10.7. The van der Waals surface area contributed by atoms with Gasteiger partial charge in [0.1, 0.15) is 48.3 Å². The Labute approximate surface area is 247 Å². The number of fused-ring (bicyclic) bond motifs is 1. The highest BCUT2D eigenvalue weighted by atomic mass is 16.7. The summed E-state index contributed by atoms with van der Waals surface area (Å²) in [5.74, 6) is -5.01. The number of rotatable bonds is 6. The summed E-state index contributed by atoms with van der Waals surface area (Å²) in [6, 6.07) is 3.07. The van der Waals surface area contributed by atoms with Gasteiger partial charge in [0.05, 0.1) is 24.3 Å². The van der Waals surface area contributed by atoms with Crippen LogP contribution in [0.5, 0.6) is 40.2 Å². The van der Waals surface area contributed by atoms with Crippen molar-refractivity contribution in [3.05, 3.63) is 35.1 Å². The van der Waals surface area contributed by atoms with Gasteiger partial charge in [0, 0.05) is 6.08 Å². The number of aliphatic hydroxyl groups is 7. The maximum atomic E-state index is 10.7. The Bertz CT molecular complexity index is 1390. The Hall–Kier alpha value is -3.78. The minimum absolute atomic E-state index is 0.00539. The number of phenolic OH excluding ortho intramolecular Hbond substituents is 6. The number of aromatic hydroxyl groups is 7. The zero-order chi connectivity index (χ0) is 32.2. The number of phenols is 6. The number of hydrogen-bond acceptors (Lipinski definition) is 16. The summed E-state index contributed by atoms with van der Waals surface area (Å²) in [4.78, 5) is 0. The van der Waals surface area contributed by atoms with Crippen molar-refractivity contribution in [1.82, 2.24) is 0 Å². The normalized spacial score (nSPS) is 35.3. The SMILES string of the molecule is CC1OC(OCC2OC(OC3=Cc4c(cc(O)c(O)c4O)[OH+]C3c3cc(O)c(O)c(O)c3)C(O)C(O)C2O)C(O)C(O)C1O. The Balaban J connectivity index is 1.43. The van der Waals surface area contributed by atoms with E-state index in [1.807, 2.05) is 0 Å². The molecule has 44 heavy (non-hydrogen) atoms. The summed E-state index contributed by atoms with van der Waals surface area (Å²) in [5.41, 5.74) is -0.145. The smallest absolute Gasteiger partial charge is 0.270 e. The molecular formula is C27H33O17+. The largest absolute Gasteiger partial charge is 0.571 e. The zero-order valence-electron chi connectivity index (χ0n) is 22.8. The van der Waals surface area contributed by atoms with Crippen LogP contribution in [0.15, 0.2) is 24.0 Å². The second kappa shape index (κ2) is 12.0. The maximum absolute atomic E-state index is 10.7. The van der Waals surface area contributed by atoms with Gasteiger partial charge in [0.15, 0.2) is 40.8 Å². The van der Waals surface area contributed by atoms with Gasteiger partial charge in [-0.1, -0.05) is 0 Å². The first kappa shape index (κ1) is 31.6. The monoisotopic (exact) mass is 629 g/mol. The molecule has 17 heteroatoms. The van der Waals surface area contributed by atoms with Crippen molar-refractivity contribution in [3.63, 3.8) is 0 Å². The molecule has 5 rings (SSSR count). The van der Waals surface area contributed by atoms with Crippen molar-refractivity contribution >= 4 is 6.08 Å². The third-order valence-electron chi connectivity index (χ3n) is 7.66. The molecule has 0 saturated carbocycles. The highest BCUT2D eigenvalue weighted by Crippen LogP contribution is 2.51. The minimum atomic E-state index is -1.90. The lowest BCUT2D eigenvalue weighted by Gasteiger charge is -2.42.